The lowest BCUT2D eigenvalue weighted by Gasteiger charge is -2.30. The monoisotopic (exact) mass is 483 g/mol. The molecule has 0 spiro atoms. The molecular weight excluding hydrogens is 454 g/mol. The van der Waals surface area contributed by atoms with Crippen molar-refractivity contribution in [3.05, 3.63) is 66.2 Å². The van der Waals surface area contributed by atoms with Crippen molar-refractivity contribution in [2.75, 3.05) is 11.9 Å². The van der Waals surface area contributed by atoms with E-state index in [9.17, 15) is 10.1 Å². The molecule has 0 saturated heterocycles. The fraction of sp³-hybridized carbons (Fsp3) is 0.321. The Morgan fingerprint density at radius 3 is 2.69 bits per heavy atom. The minimum Gasteiger partial charge on any atom is -0.493 e. The van der Waals surface area contributed by atoms with Crippen LogP contribution in [0.2, 0.25) is 0 Å². The minimum atomic E-state index is -0.487. The van der Waals surface area contributed by atoms with Crippen LogP contribution in [0.4, 0.5) is 10.5 Å². The molecule has 1 amide bonds. The highest BCUT2D eigenvalue weighted by Gasteiger charge is 2.28. The molecule has 1 saturated carbocycles. The second-order valence-corrected chi connectivity index (χ2v) is 9.26. The summed E-state index contributed by atoms with van der Waals surface area (Å²) in [4.78, 5) is 19.3. The number of benzene rings is 2. The van der Waals surface area contributed by atoms with Crippen LogP contribution in [-0.4, -0.2) is 33.3 Å². The van der Waals surface area contributed by atoms with Gasteiger partial charge in [0.25, 0.3) is 0 Å². The van der Waals surface area contributed by atoms with Crippen LogP contribution in [0.5, 0.6) is 5.75 Å². The molecule has 184 valence electrons. The molecule has 0 bridgehead atoms. The number of aromatic nitrogens is 3. The molecule has 2 aromatic heterocycles. The molecular formula is C28H29N5O3. The van der Waals surface area contributed by atoms with Gasteiger partial charge < -0.3 is 19.0 Å². The Kier molecular flexibility index (Phi) is 6.63. The summed E-state index contributed by atoms with van der Waals surface area (Å²) in [7, 11) is 0. The van der Waals surface area contributed by atoms with Gasteiger partial charge in [-0.25, -0.2) is 9.78 Å². The van der Waals surface area contributed by atoms with Crippen molar-refractivity contribution in [1.29, 1.82) is 5.26 Å². The van der Waals surface area contributed by atoms with Crippen molar-refractivity contribution in [3.8, 4) is 23.1 Å². The molecule has 1 aliphatic carbocycles. The SMILES string of the molecule is CC(C)OC(=O)Nc1ccc(-c2c(C#N)c3ccc(OCCc4ncc[nH]4)cc3n2C2CCC2)cc1. The topological polar surface area (TPSA) is 105 Å². The Balaban J connectivity index is 1.47. The van der Waals surface area contributed by atoms with E-state index in [1.165, 1.54) is 6.42 Å². The summed E-state index contributed by atoms with van der Waals surface area (Å²) in [6.07, 6.45) is 6.87. The van der Waals surface area contributed by atoms with E-state index in [-0.39, 0.29) is 6.10 Å². The van der Waals surface area contributed by atoms with Crippen molar-refractivity contribution >= 4 is 22.7 Å². The molecule has 0 aliphatic heterocycles. The maximum absolute atomic E-state index is 12.0. The van der Waals surface area contributed by atoms with Crippen LogP contribution in [0.15, 0.2) is 54.9 Å². The first-order valence-electron chi connectivity index (χ1n) is 12.3. The number of hydrogen-bond acceptors (Lipinski definition) is 5. The van der Waals surface area contributed by atoms with Crippen LogP contribution < -0.4 is 10.1 Å². The lowest BCUT2D eigenvalue weighted by atomic mass is 9.92. The van der Waals surface area contributed by atoms with Gasteiger partial charge in [-0.05, 0) is 62.9 Å². The lowest BCUT2D eigenvalue weighted by Crippen LogP contribution is -2.18. The Morgan fingerprint density at radius 2 is 2.06 bits per heavy atom. The summed E-state index contributed by atoms with van der Waals surface area (Å²) in [5, 5.41) is 13.8. The van der Waals surface area contributed by atoms with Gasteiger partial charge in [0.2, 0.25) is 0 Å². The van der Waals surface area contributed by atoms with Gasteiger partial charge in [0.1, 0.15) is 17.6 Å². The van der Waals surface area contributed by atoms with Crippen LogP contribution in [0.25, 0.3) is 22.2 Å². The third kappa shape index (κ3) is 4.78. The van der Waals surface area contributed by atoms with E-state index in [0.29, 0.717) is 30.3 Å². The van der Waals surface area contributed by atoms with Crippen LogP contribution in [0.1, 0.15) is 50.5 Å². The highest BCUT2D eigenvalue weighted by Crippen LogP contribution is 2.43. The number of amides is 1. The normalized spacial score (nSPS) is 13.4. The number of nitrogens with one attached hydrogen (secondary N) is 2. The number of anilines is 1. The zero-order valence-electron chi connectivity index (χ0n) is 20.5. The third-order valence-corrected chi connectivity index (χ3v) is 6.44. The van der Waals surface area contributed by atoms with Crippen LogP contribution in [-0.2, 0) is 11.2 Å². The summed E-state index contributed by atoms with van der Waals surface area (Å²) in [6.45, 7) is 4.12. The second-order valence-electron chi connectivity index (χ2n) is 9.26. The van der Waals surface area contributed by atoms with Gasteiger partial charge in [0.05, 0.1) is 29.5 Å². The predicted molar refractivity (Wildman–Crippen MR) is 138 cm³/mol. The van der Waals surface area contributed by atoms with Crippen molar-refractivity contribution in [2.45, 2.75) is 51.7 Å². The molecule has 8 nitrogen and oxygen atoms in total. The highest BCUT2D eigenvalue weighted by atomic mass is 16.6. The number of imidazole rings is 1. The maximum Gasteiger partial charge on any atom is 0.411 e. The van der Waals surface area contributed by atoms with Crippen LogP contribution >= 0.6 is 0 Å². The molecule has 1 aliphatic rings. The third-order valence-electron chi connectivity index (χ3n) is 6.44. The Hall–Kier alpha value is -4.25. The number of carbonyl (C=O) groups is 1. The molecule has 36 heavy (non-hydrogen) atoms. The quantitative estimate of drug-likeness (QED) is 0.310. The molecule has 2 N–H and O–H groups in total. The van der Waals surface area contributed by atoms with E-state index in [4.69, 9.17) is 9.47 Å². The number of nitrogens with zero attached hydrogens (tertiary/aromatic N) is 3. The summed E-state index contributed by atoms with van der Waals surface area (Å²) in [5.41, 5.74) is 4.13. The Bertz CT molecular complexity index is 1390. The van der Waals surface area contributed by atoms with E-state index in [1.807, 2.05) is 42.5 Å². The van der Waals surface area contributed by atoms with Gasteiger partial charge >= 0.3 is 6.09 Å². The van der Waals surface area contributed by atoms with Crippen molar-refractivity contribution in [1.82, 2.24) is 14.5 Å². The summed E-state index contributed by atoms with van der Waals surface area (Å²) in [6, 6.07) is 16.3. The number of fused-ring (bicyclic) bond motifs is 1. The minimum absolute atomic E-state index is 0.195. The van der Waals surface area contributed by atoms with E-state index >= 15 is 0 Å². The Morgan fingerprint density at radius 1 is 1.25 bits per heavy atom. The predicted octanol–water partition coefficient (Wildman–Crippen LogP) is 6.21. The maximum atomic E-state index is 12.0. The smallest absolute Gasteiger partial charge is 0.411 e. The number of H-pyrrole nitrogens is 1. The van der Waals surface area contributed by atoms with Gasteiger partial charge in [0.15, 0.2) is 0 Å². The van der Waals surface area contributed by atoms with E-state index in [1.54, 1.807) is 26.2 Å². The molecule has 2 aromatic carbocycles. The van der Waals surface area contributed by atoms with E-state index in [2.05, 4.69) is 25.9 Å². The van der Waals surface area contributed by atoms with Crippen molar-refractivity contribution < 1.29 is 14.3 Å². The van der Waals surface area contributed by atoms with Crippen LogP contribution in [0.3, 0.4) is 0 Å². The molecule has 0 atom stereocenters. The molecule has 0 unspecified atom stereocenters. The molecule has 2 heterocycles. The second kappa shape index (κ2) is 10.2. The number of aromatic amines is 1. The highest BCUT2D eigenvalue weighted by molar-refractivity contribution is 5.96. The zero-order valence-corrected chi connectivity index (χ0v) is 20.5. The summed E-state index contributed by atoms with van der Waals surface area (Å²) in [5.74, 6) is 1.66. The summed E-state index contributed by atoms with van der Waals surface area (Å²) >= 11 is 0. The van der Waals surface area contributed by atoms with Crippen molar-refractivity contribution in [3.63, 3.8) is 0 Å². The van der Waals surface area contributed by atoms with E-state index in [0.717, 1.165) is 46.6 Å². The largest absolute Gasteiger partial charge is 0.493 e. The number of hydrogen-bond donors (Lipinski definition) is 2. The number of nitriles is 1. The average Bonchev–Trinajstić information content (AvgIpc) is 3.44. The molecule has 1 fully saturated rings. The molecule has 0 radical (unpaired) electrons. The van der Waals surface area contributed by atoms with E-state index < -0.39 is 6.09 Å². The van der Waals surface area contributed by atoms with Gasteiger partial charge in [-0.2, -0.15) is 5.26 Å². The summed E-state index contributed by atoms with van der Waals surface area (Å²) < 4.78 is 13.5. The zero-order chi connectivity index (χ0) is 25.1. The standard InChI is InChI=1S/C28H29N5O3/c1-18(2)36-28(34)32-20-8-6-19(7-9-20)27-24(17-29)23-11-10-22(35-15-12-26-30-13-14-31-26)16-25(23)33(27)21-4-3-5-21/h6-11,13-14,16,18,21H,3-5,12,15H2,1-2H3,(H,30,31)(H,32,34). The first-order valence-corrected chi connectivity index (χ1v) is 12.3. The van der Waals surface area contributed by atoms with Gasteiger partial charge in [-0.1, -0.05) is 12.1 Å². The van der Waals surface area contributed by atoms with Gasteiger partial charge in [0, 0.05) is 42.0 Å². The van der Waals surface area contributed by atoms with Crippen molar-refractivity contribution in [2.24, 2.45) is 0 Å². The van der Waals surface area contributed by atoms with Crippen LogP contribution in [0, 0.1) is 11.3 Å². The average molecular weight is 484 g/mol. The fourth-order valence-corrected chi connectivity index (χ4v) is 4.57. The number of carbonyl (C=O) groups excluding carboxylic acids is 1. The molecule has 8 heteroatoms. The molecule has 5 rings (SSSR count). The number of rotatable bonds is 8. The lowest BCUT2D eigenvalue weighted by molar-refractivity contribution is 0.130. The van der Waals surface area contributed by atoms with Gasteiger partial charge in [-0.15, -0.1) is 0 Å². The molecule has 4 aromatic rings. The fourth-order valence-electron chi connectivity index (χ4n) is 4.57. The first-order chi connectivity index (χ1) is 17.5. The number of ether oxygens (including phenoxy) is 2. The van der Waals surface area contributed by atoms with Gasteiger partial charge in [-0.3, -0.25) is 5.32 Å². The Labute approximate surface area is 209 Å². The first kappa shape index (κ1) is 23.5.